The Balaban J connectivity index is 1.70. The maximum Gasteiger partial charge on any atom is 0.127 e. The van der Waals surface area contributed by atoms with Gasteiger partial charge in [0, 0.05) is 22.5 Å². The zero-order chi connectivity index (χ0) is 17.9. The van der Waals surface area contributed by atoms with Gasteiger partial charge in [-0.1, -0.05) is 36.7 Å². The second-order valence-electron chi connectivity index (χ2n) is 5.63. The summed E-state index contributed by atoms with van der Waals surface area (Å²) in [5.74, 6) is 0. The number of pyridine rings is 1. The molecule has 134 valence electrons. The highest BCUT2D eigenvalue weighted by atomic mass is 35.5. The van der Waals surface area contributed by atoms with Crippen LogP contribution in [0.5, 0.6) is 0 Å². The molecular weight excluding hydrogens is 422 g/mol. The van der Waals surface area contributed by atoms with Crippen molar-refractivity contribution in [2.24, 2.45) is 4.99 Å². The number of hydrogen-bond donors (Lipinski definition) is 1. The number of fused-ring (bicyclic) bond motifs is 2. The third-order valence-electron chi connectivity index (χ3n) is 3.72. The Labute approximate surface area is 174 Å². The van der Waals surface area contributed by atoms with Crippen molar-refractivity contribution in [3.8, 4) is 0 Å². The van der Waals surface area contributed by atoms with E-state index in [4.69, 9.17) is 16.6 Å². The van der Waals surface area contributed by atoms with E-state index in [1.54, 1.807) is 46.4 Å². The maximum absolute atomic E-state index is 6.17. The van der Waals surface area contributed by atoms with Crippen LogP contribution in [0.2, 0.25) is 4.34 Å². The van der Waals surface area contributed by atoms with Crippen molar-refractivity contribution in [2.45, 2.75) is 34.6 Å². The van der Waals surface area contributed by atoms with E-state index in [2.05, 4.69) is 34.1 Å². The topological polar surface area (TPSA) is 37.3 Å². The third kappa shape index (κ3) is 4.03. The molecule has 0 saturated heterocycles. The van der Waals surface area contributed by atoms with Crippen molar-refractivity contribution >= 4 is 69.4 Å². The molecule has 3 aromatic heterocycles. The Bertz CT molecular complexity index is 948. The van der Waals surface area contributed by atoms with Crippen LogP contribution in [-0.2, 0) is 0 Å². The summed E-state index contributed by atoms with van der Waals surface area (Å²) in [5, 5.41) is 3.05. The number of aliphatic imine (C=N–C) groups is 1. The van der Waals surface area contributed by atoms with E-state index in [0.717, 1.165) is 37.1 Å². The molecule has 0 amide bonds. The zero-order valence-corrected chi connectivity index (χ0v) is 18.0. The SMILES string of the molecule is CCCCNSc1cnc2c(c1)N=C(c1ccc(Cl)s1)c1sccc1S2. The largest absolute Gasteiger partial charge is 0.260 e. The summed E-state index contributed by atoms with van der Waals surface area (Å²) in [4.78, 5) is 14.2. The first kappa shape index (κ1) is 18.5. The first-order valence-corrected chi connectivity index (χ1v) is 11.9. The van der Waals surface area contributed by atoms with Crippen molar-refractivity contribution in [2.75, 3.05) is 6.54 Å². The lowest BCUT2D eigenvalue weighted by Crippen LogP contribution is -2.04. The van der Waals surface area contributed by atoms with Crippen molar-refractivity contribution < 1.29 is 0 Å². The lowest BCUT2D eigenvalue weighted by Gasteiger charge is -2.06. The highest BCUT2D eigenvalue weighted by Gasteiger charge is 2.22. The fourth-order valence-corrected chi connectivity index (χ4v) is 6.24. The molecule has 3 nitrogen and oxygen atoms in total. The summed E-state index contributed by atoms with van der Waals surface area (Å²) in [5.41, 5.74) is 1.90. The Morgan fingerprint density at radius 2 is 2.19 bits per heavy atom. The van der Waals surface area contributed by atoms with Crippen molar-refractivity contribution in [3.63, 3.8) is 0 Å². The molecule has 1 N–H and O–H groups in total. The van der Waals surface area contributed by atoms with Crippen molar-refractivity contribution in [1.29, 1.82) is 0 Å². The minimum atomic E-state index is 0.778. The molecule has 0 spiro atoms. The summed E-state index contributed by atoms with van der Waals surface area (Å²) >= 11 is 12.7. The molecule has 0 saturated carbocycles. The molecular formula is C18H16ClN3S4. The van der Waals surface area contributed by atoms with E-state index >= 15 is 0 Å². The molecule has 4 heterocycles. The number of nitrogens with one attached hydrogen (secondary N) is 1. The lowest BCUT2D eigenvalue weighted by atomic mass is 10.2. The Morgan fingerprint density at radius 1 is 1.27 bits per heavy atom. The van der Waals surface area contributed by atoms with E-state index in [1.165, 1.54) is 22.6 Å². The van der Waals surface area contributed by atoms with E-state index in [1.807, 2.05) is 18.3 Å². The minimum Gasteiger partial charge on any atom is -0.260 e. The predicted molar refractivity (Wildman–Crippen MR) is 116 cm³/mol. The molecule has 1 aliphatic heterocycles. The third-order valence-corrected chi connectivity index (χ3v) is 7.88. The van der Waals surface area contributed by atoms with Gasteiger partial charge in [0.15, 0.2) is 0 Å². The Kier molecular flexibility index (Phi) is 6.03. The molecule has 1 aliphatic rings. The standard InChI is InChI=1S/C18H16ClN3S4/c1-2-3-7-21-26-11-9-12-18(20-10-11)25-14-6-8-23-17(14)16(22-12)13-4-5-15(19)24-13/h4-6,8-10,21H,2-3,7H2,1H3. The average Bonchev–Trinajstić information content (AvgIpc) is 3.24. The van der Waals surface area contributed by atoms with Crippen LogP contribution in [0.4, 0.5) is 5.69 Å². The number of halogens is 1. The number of thiophene rings is 2. The number of nitrogens with zero attached hydrogens (tertiary/aromatic N) is 2. The monoisotopic (exact) mass is 437 g/mol. The van der Waals surface area contributed by atoms with E-state index in [0.29, 0.717) is 0 Å². The molecule has 0 aromatic carbocycles. The van der Waals surface area contributed by atoms with Crippen LogP contribution in [-0.4, -0.2) is 17.2 Å². The van der Waals surface area contributed by atoms with E-state index in [-0.39, 0.29) is 0 Å². The van der Waals surface area contributed by atoms with E-state index < -0.39 is 0 Å². The summed E-state index contributed by atoms with van der Waals surface area (Å²) < 4.78 is 4.17. The average molecular weight is 438 g/mol. The predicted octanol–water partition coefficient (Wildman–Crippen LogP) is 6.89. The molecule has 26 heavy (non-hydrogen) atoms. The number of hydrogen-bond acceptors (Lipinski definition) is 7. The number of unbranched alkanes of at least 4 members (excludes halogenated alkanes) is 1. The number of aromatic nitrogens is 1. The van der Waals surface area contributed by atoms with Crippen molar-refractivity contribution in [1.82, 2.24) is 9.71 Å². The first-order valence-electron chi connectivity index (χ1n) is 8.24. The molecule has 3 aromatic rings. The van der Waals surface area contributed by atoms with Crippen LogP contribution in [0.25, 0.3) is 0 Å². The van der Waals surface area contributed by atoms with Gasteiger partial charge < -0.3 is 0 Å². The highest BCUT2D eigenvalue weighted by Crippen LogP contribution is 2.43. The van der Waals surface area contributed by atoms with Gasteiger partial charge in [-0.25, -0.2) is 9.98 Å². The molecule has 0 atom stereocenters. The van der Waals surface area contributed by atoms with Gasteiger partial charge in [0.2, 0.25) is 0 Å². The van der Waals surface area contributed by atoms with Gasteiger partial charge in [-0.3, -0.25) is 4.72 Å². The zero-order valence-electron chi connectivity index (χ0n) is 14.0. The van der Waals surface area contributed by atoms with E-state index in [9.17, 15) is 0 Å². The van der Waals surface area contributed by atoms with Gasteiger partial charge in [-0.2, -0.15) is 0 Å². The van der Waals surface area contributed by atoms with Crippen LogP contribution in [0.3, 0.4) is 0 Å². The molecule has 0 bridgehead atoms. The van der Waals surface area contributed by atoms with Crippen LogP contribution in [0, 0.1) is 0 Å². The van der Waals surface area contributed by atoms with Crippen LogP contribution >= 0.6 is 58.0 Å². The summed E-state index contributed by atoms with van der Waals surface area (Å²) in [6.07, 6.45) is 4.28. The van der Waals surface area contributed by atoms with Crippen LogP contribution in [0.1, 0.15) is 29.5 Å². The lowest BCUT2D eigenvalue weighted by molar-refractivity contribution is 0.776. The summed E-state index contributed by atoms with van der Waals surface area (Å²) in [7, 11) is 0. The van der Waals surface area contributed by atoms with Gasteiger partial charge >= 0.3 is 0 Å². The van der Waals surface area contributed by atoms with Gasteiger partial charge in [0.25, 0.3) is 0 Å². The Hall–Kier alpha value is -0.830. The summed E-state index contributed by atoms with van der Waals surface area (Å²) in [6.45, 7) is 3.19. The fraction of sp³-hybridized carbons (Fsp3) is 0.222. The molecule has 8 heteroatoms. The maximum atomic E-state index is 6.17. The Morgan fingerprint density at radius 3 is 3.00 bits per heavy atom. The smallest absolute Gasteiger partial charge is 0.127 e. The molecule has 4 rings (SSSR count). The van der Waals surface area contributed by atoms with Crippen molar-refractivity contribution in [3.05, 3.63) is 49.9 Å². The number of rotatable bonds is 6. The molecule has 0 fully saturated rings. The first-order chi connectivity index (χ1) is 12.7. The fourth-order valence-electron chi connectivity index (χ4n) is 2.45. The van der Waals surface area contributed by atoms with Gasteiger partial charge in [0.1, 0.15) is 5.03 Å². The second-order valence-corrected chi connectivity index (χ2v) is 10.3. The van der Waals surface area contributed by atoms with Gasteiger partial charge in [-0.05, 0) is 48.0 Å². The normalized spacial score (nSPS) is 13.1. The van der Waals surface area contributed by atoms with Crippen LogP contribution in [0.15, 0.2) is 55.7 Å². The van der Waals surface area contributed by atoms with Gasteiger partial charge in [0.05, 0.1) is 25.5 Å². The summed E-state index contributed by atoms with van der Waals surface area (Å²) in [6, 6.07) is 8.23. The van der Waals surface area contributed by atoms with Gasteiger partial charge in [-0.15, -0.1) is 22.7 Å². The second kappa shape index (κ2) is 8.46. The molecule has 0 aliphatic carbocycles. The molecule has 0 unspecified atom stereocenters. The highest BCUT2D eigenvalue weighted by molar-refractivity contribution is 7.99. The van der Waals surface area contributed by atoms with Crippen LogP contribution < -0.4 is 4.72 Å². The quantitative estimate of drug-likeness (QED) is 0.263. The minimum absolute atomic E-state index is 0.778. The molecule has 0 radical (unpaired) electrons.